The lowest BCUT2D eigenvalue weighted by Crippen LogP contribution is -2.34. The molecule has 0 aliphatic heterocycles. The average Bonchev–Trinajstić information content (AvgIpc) is 2.61. The van der Waals surface area contributed by atoms with Gasteiger partial charge in [-0.2, -0.15) is 0 Å². The van der Waals surface area contributed by atoms with Crippen molar-refractivity contribution in [2.75, 3.05) is 13.7 Å². The van der Waals surface area contributed by atoms with E-state index in [0.29, 0.717) is 12.1 Å². The van der Waals surface area contributed by atoms with Crippen LogP contribution in [-0.4, -0.2) is 19.8 Å². The Morgan fingerprint density at radius 2 is 2.28 bits per heavy atom. The lowest BCUT2D eigenvalue weighted by molar-refractivity contribution is -0.0289. The third-order valence-electron chi connectivity index (χ3n) is 3.67. The predicted octanol–water partition coefficient (Wildman–Crippen LogP) is 4.28. The van der Waals surface area contributed by atoms with E-state index in [4.69, 9.17) is 4.74 Å². The molecule has 0 spiro atoms. The van der Waals surface area contributed by atoms with E-state index >= 15 is 0 Å². The van der Waals surface area contributed by atoms with Gasteiger partial charge < -0.3 is 10.1 Å². The van der Waals surface area contributed by atoms with E-state index in [1.165, 1.54) is 33.5 Å². The van der Waals surface area contributed by atoms with E-state index in [9.17, 15) is 0 Å². The number of hydrogen-bond donors (Lipinski definition) is 1. The summed E-state index contributed by atoms with van der Waals surface area (Å²) in [7, 11) is 2.06. The van der Waals surface area contributed by atoms with Gasteiger partial charge in [-0.3, -0.25) is 0 Å². The fourth-order valence-electron chi connectivity index (χ4n) is 2.67. The number of rotatable bonds is 6. The maximum Gasteiger partial charge on any atom is 0.0580 e. The summed E-state index contributed by atoms with van der Waals surface area (Å²) in [6, 6.07) is 2.69. The first-order valence-electron chi connectivity index (χ1n) is 6.68. The molecule has 18 heavy (non-hydrogen) atoms. The van der Waals surface area contributed by atoms with Gasteiger partial charge in [0.25, 0.3) is 0 Å². The van der Waals surface area contributed by atoms with Crippen LogP contribution in [0.1, 0.15) is 42.0 Å². The van der Waals surface area contributed by atoms with E-state index in [2.05, 4.69) is 48.2 Å². The van der Waals surface area contributed by atoms with Crippen LogP contribution < -0.4 is 5.32 Å². The molecule has 0 aromatic carbocycles. The SMILES string of the molecule is CCOC1CC(CC(NC)c2sc(C)cc2Br)C1. The van der Waals surface area contributed by atoms with Crippen LogP contribution in [0.2, 0.25) is 0 Å². The second-order valence-corrected chi connectivity index (χ2v) is 7.20. The smallest absolute Gasteiger partial charge is 0.0580 e. The molecule has 2 nitrogen and oxygen atoms in total. The molecule has 1 aromatic heterocycles. The zero-order chi connectivity index (χ0) is 13.1. The largest absolute Gasteiger partial charge is 0.378 e. The molecule has 0 radical (unpaired) electrons. The Kier molecular flexibility index (Phi) is 5.24. The van der Waals surface area contributed by atoms with Gasteiger partial charge in [-0.25, -0.2) is 0 Å². The molecule has 102 valence electrons. The summed E-state index contributed by atoms with van der Waals surface area (Å²) in [6.45, 7) is 5.10. The van der Waals surface area contributed by atoms with Gasteiger partial charge in [0.2, 0.25) is 0 Å². The maximum absolute atomic E-state index is 5.63. The number of ether oxygens (including phenoxy) is 1. The lowest BCUT2D eigenvalue weighted by Gasteiger charge is -2.36. The highest BCUT2D eigenvalue weighted by molar-refractivity contribution is 9.10. The summed E-state index contributed by atoms with van der Waals surface area (Å²) in [5.74, 6) is 0.813. The summed E-state index contributed by atoms with van der Waals surface area (Å²) < 4.78 is 6.88. The number of hydrogen-bond acceptors (Lipinski definition) is 3. The van der Waals surface area contributed by atoms with Crippen LogP contribution in [-0.2, 0) is 4.74 Å². The summed E-state index contributed by atoms with van der Waals surface area (Å²) in [5, 5.41) is 3.46. The van der Waals surface area contributed by atoms with Crippen molar-refractivity contribution in [1.29, 1.82) is 0 Å². The number of thiophene rings is 1. The minimum absolute atomic E-state index is 0.477. The van der Waals surface area contributed by atoms with E-state index in [0.717, 1.165) is 12.5 Å². The Bertz CT molecular complexity index is 387. The number of halogens is 1. The summed E-state index contributed by atoms with van der Waals surface area (Å²) in [5.41, 5.74) is 0. The molecule has 1 heterocycles. The van der Waals surface area contributed by atoms with Crippen LogP contribution in [0.4, 0.5) is 0 Å². The van der Waals surface area contributed by atoms with Crippen LogP contribution >= 0.6 is 27.3 Å². The molecule has 0 amide bonds. The van der Waals surface area contributed by atoms with Crippen molar-refractivity contribution in [3.05, 3.63) is 20.3 Å². The summed E-state index contributed by atoms with van der Waals surface area (Å²) in [6.07, 6.45) is 4.20. The molecule has 0 bridgehead atoms. The highest BCUT2D eigenvalue weighted by Crippen LogP contribution is 2.40. The fraction of sp³-hybridized carbons (Fsp3) is 0.714. The molecule has 1 aliphatic carbocycles. The Morgan fingerprint density at radius 1 is 1.56 bits per heavy atom. The van der Waals surface area contributed by atoms with Crippen molar-refractivity contribution in [3.8, 4) is 0 Å². The van der Waals surface area contributed by atoms with Crippen molar-refractivity contribution in [1.82, 2.24) is 5.32 Å². The zero-order valence-electron chi connectivity index (χ0n) is 11.3. The minimum atomic E-state index is 0.477. The molecule has 1 N–H and O–H groups in total. The van der Waals surface area contributed by atoms with Gasteiger partial charge in [-0.05, 0) is 68.1 Å². The summed E-state index contributed by atoms with van der Waals surface area (Å²) in [4.78, 5) is 2.81. The molecule has 1 aliphatic rings. The van der Waals surface area contributed by atoms with Gasteiger partial charge in [0, 0.05) is 26.9 Å². The van der Waals surface area contributed by atoms with Crippen LogP contribution in [0.15, 0.2) is 10.5 Å². The molecule has 4 heteroatoms. The third-order valence-corrected chi connectivity index (χ3v) is 5.75. The minimum Gasteiger partial charge on any atom is -0.378 e. The van der Waals surface area contributed by atoms with E-state index in [1.54, 1.807) is 0 Å². The topological polar surface area (TPSA) is 21.3 Å². The van der Waals surface area contributed by atoms with Gasteiger partial charge in [-0.15, -0.1) is 11.3 Å². The molecule has 1 saturated carbocycles. The Hall–Kier alpha value is 0.100. The van der Waals surface area contributed by atoms with Gasteiger partial charge in [-0.1, -0.05) is 0 Å². The van der Waals surface area contributed by atoms with Crippen molar-refractivity contribution in [2.45, 2.75) is 45.3 Å². The maximum atomic E-state index is 5.63. The molecule has 0 saturated heterocycles. The molecular weight excluding hydrogens is 310 g/mol. The first-order valence-corrected chi connectivity index (χ1v) is 8.29. The predicted molar refractivity (Wildman–Crippen MR) is 81.3 cm³/mol. The van der Waals surface area contributed by atoms with E-state index < -0.39 is 0 Å². The quantitative estimate of drug-likeness (QED) is 0.839. The first-order chi connectivity index (χ1) is 8.63. The third kappa shape index (κ3) is 3.35. The molecular formula is C14H22BrNOS. The van der Waals surface area contributed by atoms with Crippen molar-refractivity contribution in [2.24, 2.45) is 5.92 Å². The Balaban J connectivity index is 1.89. The molecule has 1 aromatic rings. The molecule has 1 fully saturated rings. The second-order valence-electron chi connectivity index (χ2n) is 5.06. The monoisotopic (exact) mass is 331 g/mol. The normalized spacial score (nSPS) is 24.9. The Morgan fingerprint density at radius 3 is 2.78 bits per heavy atom. The van der Waals surface area contributed by atoms with Crippen LogP contribution in [0.25, 0.3) is 0 Å². The molecule has 1 unspecified atom stereocenters. The highest BCUT2D eigenvalue weighted by Gasteiger charge is 2.32. The standard InChI is InChI=1S/C14H22BrNOS/c1-4-17-11-6-10(7-11)8-13(16-3)14-12(15)5-9(2)18-14/h5,10-11,13,16H,4,6-8H2,1-3H3. The van der Waals surface area contributed by atoms with Crippen LogP contribution in [0.5, 0.6) is 0 Å². The van der Waals surface area contributed by atoms with Crippen LogP contribution in [0.3, 0.4) is 0 Å². The van der Waals surface area contributed by atoms with E-state index in [1.807, 2.05) is 11.3 Å². The molecule has 1 atom stereocenters. The van der Waals surface area contributed by atoms with E-state index in [-0.39, 0.29) is 0 Å². The van der Waals surface area contributed by atoms with Crippen LogP contribution in [0, 0.1) is 12.8 Å². The zero-order valence-corrected chi connectivity index (χ0v) is 13.7. The van der Waals surface area contributed by atoms with Crippen molar-refractivity contribution in [3.63, 3.8) is 0 Å². The summed E-state index contributed by atoms with van der Waals surface area (Å²) >= 11 is 5.56. The lowest BCUT2D eigenvalue weighted by atomic mass is 9.78. The Labute approximate surface area is 122 Å². The highest BCUT2D eigenvalue weighted by atomic mass is 79.9. The first kappa shape index (κ1) is 14.5. The van der Waals surface area contributed by atoms with Crippen molar-refractivity contribution >= 4 is 27.3 Å². The van der Waals surface area contributed by atoms with Gasteiger partial charge in [0.15, 0.2) is 0 Å². The fourth-order valence-corrected chi connectivity index (χ4v) is 4.72. The van der Waals surface area contributed by atoms with Gasteiger partial charge >= 0.3 is 0 Å². The number of nitrogens with one attached hydrogen (secondary N) is 1. The van der Waals surface area contributed by atoms with Crippen molar-refractivity contribution < 1.29 is 4.74 Å². The van der Waals surface area contributed by atoms with Gasteiger partial charge in [0.05, 0.1) is 6.10 Å². The van der Waals surface area contributed by atoms with Gasteiger partial charge in [0.1, 0.15) is 0 Å². The number of aryl methyl sites for hydroxylation is 1. The average molecular weight is 332 g/mol. The second kappa shape index (κ2) is 6.51. The molecule has 2 rings (SSSR count).